The number of rotatable bonds is 4. The first-order valence-corrected chi connectivity index (χ1v) is 7.03. The van der Waals surface area contributed by atoms with Crippen molar-refractivity contribution in [1.82, 2.24) is 10.3 Å². The van der Waals surface area contributed by atoms with Crippen LogP contribution in [0.2, 0.25) is 0 Å². The highest BCUT2D eigenvalue weighted by Gasteiger charge is 2.13. The van der Waals surface area contributed by atoms with Crippen LogP contribution in [-0.4, -0.2) is 24.7 Å². The Bertz CT molecular complexity index is 530. The number of ether oxygens (including phenoxy) is 1. The van der Waals surface area contributed by atoms with Crippen LogP contribution in [0.1, 0.15) is 18.4 Å². The zero-order valence-corrected chi connectivity index (χ0v) is 11.1. The fourth-order valence-corrected chi connectivity index (χ4v) is 2.72. The third kappa shape index (κ3) is 3.11. The highest BCUT2D eigenvalue weighted by Crippen LogP contribution is 2.17. The van der Waals surface area contributed by atoms with E-state index in [1.54, 1.807) is 0 Å². The van der Waals surface area contributed by atoms with Crippen molar-refractivity contribution in [2.45, 2.75) is 19.4 Å². The predicted molar refractivity (Wildman–Crippen MR) is 77.0 cm³/mol. The minimum atomic E-state index is 0.672. The first-order valence-electron chi connectivity index (χ1n) is 7.03. The Kier molecular flexibility index (Phi) is 4.06. The molecule has 3 rings (SSSR count). The minimum Gasteiger partial charge on any atom is -0.381 e. The van der Waals surface area contributed by atoms with E-state index in [1.165, 1.54) is 29.2 Å². The first-order chi connectivity index (χ1) is 9.43. The lowest BCUT2D eigenvalue weighted by molar-refractivity contribution is 0.0547. The van der Waals surface area contributed by atoms with E-state index in [9.17, 15) is 0 Å². The van der Waals surface area contributed by atoms with Gasteiger partial charge in [0.2, 0.25) is 0 Å². The molecule has 2 aromatic rings. The molecule has 19 heavy (non-hydrogen) atoms. The van der Waals surface area contributed by atoms with E-state index in [4.69, 9.17) is 4.74 Å². The molecule has 0 radical (unpaired) electrons. The summed E-state index contributed by atoms with van der Waals surface area (Å²) in [5, 5.41) is 6.07. The van der Waals surface area contributed by atoms with Gasteiger partial charge < -0.3 is 10.1 Å². The van der Waals surface area contributed by atoms with Crippen molar-refractivity contribution in [2.24, 2.45) is 5.92 Å². The average Bonchev–Trinajstić information content (AvgIpc) is 2.49. The lowest BCUT2D eigenvalue weighted by Gasteiger charge is -2.22. The summed E-state index contributed by atoms with van der Waals surface area (Å²) in [6, 6.07) is 8.49. The molecule has 1 fully saturated rings. The van der Waals surface area contributed by atoms with Crippen LogP contribution < -0.4 is 5.32 Å². The van der Waals surface area contributed by atoms with Gasteiger partial charge >= 0.3 is 0 Å². The van der Waals surface area contributed by atoms with Crippen molar-refractivity contribution in [3.05, 3.63) is 42.2 Å². The Hall–Kier alpha value is -1.45. The fraction of sp³-hybridized carbons (Fsp3) is 0.438. The molecule has 100 valence electrons. The topological polar surface area (TPSA) is 34.1 Å². The quantitative estimate of drug-likeness (QED) is 0.913. The van der Waals surface area contributed by atoms with Gasteiger partial charge in [-0.1, -0.05) is 18.2 Å². The Morgan fingerprint density at radius 2 is 2.32 bits per heavy atom. The van der Waals surface area contributed by atoms with E-state index in [-0.39, 0.29) is 0 Å². The Labute approximate surface area is 114 Å². The molecule has 1 aliphatic rings. The third-order valence-electron chi connectivity index (χ3n) is 3.77. The SMILES string of the molecule is c1cc(CNCC2CCCOC2)c2ccncc2c1. The second-order valence-corrected chi connectivity index (χ2v) is 5.23. The smallest absolute Gasteiger partial charge is 0.0506 e. The number of fused-ring (bicyclic) bond motifs is 1. The van der Waals surface area contributed by atoms with Crippen molar-refractivity contribution < 1.29 is 4.74 Å². The van der Waals surface area contributed by atoms with E-state index in [0.29, 0.717) is 5.92 Å². The van der Waals surface area contributed by atoms with E-state index >= 15 is 0 Å². The summed E-state index contributed by atoms with van der Waals surface area (Å²) in [5.74, 6) is 0.672. The van der Waals surface area contributed by atoms with Gasteiger partial charge in [0.25, 0.3) is 0 Å². The highest BCUT2D eigenvalue weighted by atomic mass is 16.5. The molecule has 0 spiro atoms. The molecule has 2 heterocycles. The maximum absolute atomic E-state index is 5.51. The van der Waals surface area contributed by atoms with Gasteiger partial charge in [-0.25, -0.2) is 0 Å². The van der Waals surface area contributed by atoms with E-state index in [2.05, 4.69) is 34.6 Å². The van der Waals surface area contributed by atoms with Crippen LogP contribution >= 0.6 is 0 Å². The minimum absolute atomic E-state index is 0.672. The molecule has 1 unspecified atom stereocenters. The lowest BCUT2D eigenvalue weighted by atomic mass is 10.0. The van der Waals surface area contributed by atoms with Gasteiger partial charge in [0.1, 0.15) is 0 Å². The number of hydrogen-bond donors (Lipinski definition) is 1. The summed E-state index contributed by atoms with van der Waals surface area (Å²) in [4.78, 5) is 4.17. The van der Waals surface area contributed by atoms with Gasteiger partial charge in [0, 0.05) is 37.5 Å². The van der Waals surface area contributed by atoms with Crippen LogP contribution in [-0.2, 0) is 11.3 Å². The number of hydrogen-bond acceptors (Lipinski definition) is 3. The van der Waals surface area contributed by atoms with Crippen molar-refractivity contribution in [1.29, 1.82) is 0 Å². The second kappa shape index (κ2) is 6.13. The Morgan fingerprint density at radius 1 is 1.32 bits per heavy atom. The van der Waals surface area contributed by atoms with Gasteiger partial charge in [-0.3, -0.25) is 4.98 Å². The molecule has 1 aromatic heterocycles. The summed E-state index contributed by atoms with van der Waals surface area (Å²) in [6.45, 7) is 3.80. The molecule has 1 aliphatic heterocycles. The van der Waals surface area contributed by atoms with Crippen LogP contribution in [0.25, 0.3) is 10.8 Å². The van der Waals surface area contributed by atoms with Crippen LogP contribution in [0.4, 0.5) is 0 Å². The monoisotopic (exact) mass is 256 g/mol. The maximum atomic E-state index is 5.51. The Morgan fingerprint density at radius 3 is 3.21 bits per heavy atom. The van der Waals surface area contributed by atoms with Gasteiger partial charge in [-0.05, 0) is 35.8 Å². The highest BCUT2D eigenvalue weighted by molar-refractivity contribution is 5.84. The van der Waals surface area contributed by atoms with Crippen LogP contribution in [0.15, 0.2) is 36.7 Å². The van der Waals surface area contributed by atoms with E-state index < -0.39 is 0 Å². The molecule has 1 atom stereocenters. The summed E-state index contributed by atoms with van der Waals surface area (Å²) in [6.07, 6.45) is 6.27. The normalized spacial score (nSPS) is 19.7. The summed E-state index contributed by atoms with van der Waals surface area (Å²) in [5.41, 5.74) is 1.34. The third-order valence-corrected chi connectivity index (χ3v) is 3.77. The molecule has 1 N–H and O–H groups in total. The van der Waals surface area contributed by atoms with Gasteiger partial charge in [-0.2, -0.15) is 0 Å². The zero-order valence-electron chi connectivity index (χ0n) is 11.1. The summed E-state index contributed by atoms with van der Waals surface area (Å²) >= 11 is 0. The molecule has 0 bridgehead atoms. The molecule has 3 nitrogen and oxygen atoms in total. The fourth-order valence-electron chi connectivity index (χ4n) is 2.72. The number of aromatic nitrogens is 1. The van der Waals surface area contributed by atoms with Crippen LogP contribution in [0.3, 0.4) is 0 Å². The van der Waals surface area contributed by atoms with Crippen molar-refractivity contribution in [3.8, 4) is 0 Å². The molecule has 1 aromatic carbocycles. The van der Waals surface area contributed by atoms with E-state index in [1.807, 2.05) is 12.4 Å². The average molecular weight is 256 g/mol. The van der Waals surface area contributed by atoms with Crippen molar-refractivity contribution in [3.63, 3.8) is 0 Å². The van der Waals surface area contributed by atoms with Gasteiger partial charge in [0.05, 0.1) is 6.61 Å². The number of nitrogens with zero attached hydrogens (tertiary/aromatic N) is 1. The van der Waals surface area contributed by atoms with Crippen LogP contribution in [0, 0.1) is 5.92 Å². The molecule has 1 saturated heterocycles. The lowest BCUT2D eigenvalue weighted by Crippen LogP contribution is -2.28. The molecule has 0 aliphatic carbocycles. The second-order valence-electron chi connectivity index (χ2n) is 5.23. The van der Waals surface area contributed by atoms with E-state index in [0.717, 1.165) is 26.3 Å². The first kappa shape index (κ1) is 12.6. The summed E-state index contributed by atoms with van der Waals surface area (Å²) in [7, 11) is 0. The number of pyridine rings is 1. The molecule has 3 heteroatoms. The largest absolute Gasteiger partial charge is 0.381 e. The molecule has 0 saturated carbocycles. The maximum Gasteiger partial charge on any atom is 0.0506 e. The molecule has 0 amide bonds. The predicted octanol–water partition coefficient (Wildman–Crippen LogP) is 2.75. The van der Waals surface area contributed by atoms with Gasteiger partial charge in [0.15, 0.2) is 0 Å². The standard InChI is InChI=1S/C16H20N2O/c1-4-14-10-17-7-6-16(14)15(5-1)11-18-9-13-3-2-8-19-12-13/h1,4-7,10,13,18H,2-3,8-9,11-12H2. The molecular weight excluding hydrogens is 236 g/mol. The van der Waals surface area contributed by atoms with Gasteiger partial charge in [-0.15, -0.1) is 0 Å². The van der Waals surface area contributed by atoms with Crippen molar-refractivity contribution >= 4 is 10.8 Å². The Balaban J connectivity index is 1.62. The number of nitrogens with one attached hydrogen (secondary N) is 1. The van der Waals surface area contributed by atoms with Crippen molar-refractivity contribution in [2.75, 3.05) is 19.8 Å². The zero-order chi connectivity index (χ0) is 12.9. The summed E-state index contributed by atoms with van der Waals surface area (Å²) < 4.78 is 5.51. The molecular formula is C16H20N2O. The van der Waals surface area contributed by atoms with Crippen LogP contribution in [0.5, 0.6) is 0 Å². The number of benzene rings is 1.